The Bertz CT molecular complexity index is 1020. The van der Waals surface area contributed by atoms with Crippen LogP contribution in [0, 0.1) is 13.8 Å². The molecule has 0 aliphatic heterocycles. The lowest BCUT2D eigenvalue weighted by atomic mass is 10.1. The highest BCUT2D eigenvalue weighted by molar-refractivity contribution is 5.97. The van der Waals surface area contributed by atoms with Crippen LogP contribution in [0.15, 0.2) is 73.1 Å². The summed E-state index contributed by atoms with van der Waals surface area (Å²) in [5, 5.41) is 5.73. The monoisotopic (exact) mass is 431 g/mol. The fraction of sp³-hybridized carbons (Fsp3) is 0.269. The van der Waals surface area contributed by atoms with E-state index in [0.29, 0.717) is 25.1 Å². The largest absolute Gasteiger partial charge is 0.374 e. The van der Waals surface area contributed by atoms with Crippen LogP contribution in [0.25, 0.3) is 0 Å². The molecule has 0 saturated carbocycles. The van der Waals surface area contributed by atoms with Crippen molar-refractivity contribution in [3.63, 3.8) is 0 Å². The van der Waals surface area contributed by atoms with Gasteiger partial charge in [-0.25, -0.2) is 0 Å². The summed E-state index contributed by atoms with van der Waals surface area (Å²) in [7, 11) is 0. The predicted molar refractivity (Wildman–Crippen MR) is 124 cm³/mol. The summed E-state index contributed by atoms with van der Waals surface area (Å²) in [5.41, 5.74) is 4.74. The number of amides is 2. The number of aromatic nitrogens is 1. The number of benzene rings is 2. The van der Waals surface area contributed by atoms with E-state index in [9.17, 15) is 9.59 Å². The highest BCUT2D eigenvalue weighted by Gasteiger charge is 2.22. The Labute approximate surface area is 189 Å². The standard InChI is InChI=1S/C26H29N3O3/c1-19-8-9-23(16-20(19)2)25(30)29-24(18-32-17-22-6-4-3-5-7-22)26(31)28-15-12-21-10-13-27-14-11-21/h3-11,13-14,16,24H,12,15,17-18H2,1-2H3,(H,28,31)(H,29,30)/t24-/m1/s1. The Balaban J connectivity index is 1.61. The fourth-order valence-electron chi connectivity index (χ4n) is 3.18. The number of aryl methyl sites for hydroxylation is 2. The quantitative estimate of drug-likeness (QED) is 0.516. The first kappa shape index (κ1) is 23.2. The lowest BCUT2D eigenvalue weighted by Crippen LogP contribution is -2.49. The van der Waals surface area contributed by atoms with Crippen molar-refractivity contribution in [3.8, 4) is 0 Å². The van der Waals surface area contributed by atoms with Crippen molar-refractivity contribution in [2.75, 3.05) is 13.2 Å². The SMILES string of the molecule is Cc1ccc(C(=O)N[C@H](COCc2ccccc2)C(=O)NCCc2ccncc2)cc1C. The second kappa shape index (κ2) is 11.8. The van der Waals surface area contributed by atoms with Gasteiger partial charge >= 0.3 is 0 Å². The van der Waals surface area contributed by atoms with Crippen LogP contribution < -0.4 is 10.6 Å². The van der Waals surface area contributed by atoms with Crippen molar-refractivity contribution in [1.82, 2.24) is 15.6 Å². The maximum Gasteiger partial charge on any atom is 0.252 e. The minimum absolute atomic E-state index is 0.0760. The van der Waals surface area contributed by atoms with Gasteiger partial charge in [0.15, 0.2) is 0 Å². The lowest BCUT2D eigenvalue weighted by molar-refractivity contribution is -0.124. The number of hydrogen-bond acceptors (Lipinski definition) is 4. The third-order valence-corrected chi connectivity index (χ3v) is 5.25. The molecule has 0 saturated heterocycles. The van der Waals surface area contributed by atoms with Gasteiger partial charge in [0.05, 0.1) is 13.2 Å². The summed E-state index contributed by atoms with van der Waals surface area (Å²) < 4.78 is 5.76. The average molecular weight is 432 g/mol. The lowest BCUT2D eigenvalue weighted by Gasteiger charge is -2.19. The van der Waals surface area contributed by atoms with E-state index in [1.165, 1.54) is 0 Å². The molecule has 1 aromatic heterocycles. The van der Waals surface area contributed by atoms with Crippen molar-refractivity contribution in [2.45, 2.75) is 32.9 Å². The van der Waals surface area contributed by atoms with Crippen molar-refractivity contribution in [3.05, 3.63) is 101 Å². The minimum Gasteiger partial charge on any atom is -0.374 e. The number of pyridine rings is 1. The number of carbonyl (C=O) groups excluding carboxylic acids is 2. The molecule has 0 fully saturated rings. The third-order valence-electron chi connectivity index (χ3n) is 5.25. The molecule has 6 heteroatoms. The first-order chi connectivity index (χ1) is 15.5. The normalized spacial score (nSPS) is 11.6. The number of nitrogens with zero attached hydrogens (tertiary/aromatic N) is 1. The van der Waals surface area contributed by atoms with Gasteiger partial charge in [0.2, 0.25) is 5.91 Å². The van der Waals surface area contributed by atoms with E-state index >= 15 is 0 Å². The second-order valence-corrected chi connectivity index (χ2v) is 7.72. The van der Waals surface area contributed by atoms with Crippen molar-refractivity contribution in [1.29, 1.82) is 0 Å². The molecule has 2 amide bonds. The molecular formula is C26H29N3O3. The molecule has 0 bridgehead atoms. The summed E-state index contributed by atoms with van der Waals surface area (Å²) in [6.07, 6.45) is 4.12. The highest BCUT2D eigenvalue weighted by atomic mass is 16.5. The Morgan fingerprint density at radius 1 is 0.938 bits per heavy atom. The molecule has 1 heterocycles. The van der Waals surface area contributed by atoms with E-state index in [1.807, 2.05) is 68.4 Å². The molecule has 0 unspecified atom stereocenters. The van der Waals surface area contributed by atoms with Gasteiger partial charge < -0.3 is 15.4 Å². The zero-order valence-corrected chi connectivity index (χ0v) is 18.5. The van der Waals surface area contributed by atoms with Gasteiger partial charge in [0.25, 0.3) is 5.91 Å². The summed E-state index contributed by atoms with van der Waals surface area (Å²) in [6, 6.07) is 18.2. The van der Waals surface area contributed by atoms with Crippen LogP contribution in [-0.4, -0.2) is 36.0 Å². The summed E-state index contributed by atoms with van der Waals surface area (Å²) in [6.45, 7) is 4.84. The number of nitrogens with one attached hydrogen (secondary N) is 2. The number of rotatable bonds is 10. The number of carbonyl (C=O) groups is 2. The van der Waals surface area contributed by atoms with Crippen LogP contribution in [-0.2, 0) is 22.6 Å². The maximum absolute atomic E-state index is 12.8. The first-order valence-corrected chi connectivity index (χ1v) is 10.7. The zero-order chi connectivity index (χ0) is 22.8. The Hall–Kier alpha value is -3.51. The van der Waals surface area contributed by atoms with E-state index in [4.69, 9.17) is 4.74 Å². The van der Waals surface area contributed by atoms with Gasteiger partial charge in [-0.2, -0.15) is 0 Å². The van der Waals surface area contributed by atoms with Gasteiger partial charge in [0, 0.05) is 24.5 Å². The Morgan fingerprint density at radius 2 is 1.69 bits per heavy atom. The highest BCUT2D eigenvalue weighted by Crippen LogP contribution is 2.10. The molecule has 1 atom stereocenters. The molecule has 166 valence electrons. The molecule has 3 aromatic rings. The summed E-state index contributed by atoms with van der Waals surface area (Å²) >= 11 is 0. The molecular weight excluding hydrogens is 402 g/mol. The molecule has 0 radical (unpaired) electrons. The second-order valence-electron chi connectivity index (χ2n) is 7.72. The van der Waals surface area contributed by atoms with Crippen LogP contribution in [0.4, 0.5) is 0 Å². The molecule has 6 nitrogen and oxygen atoms in total. The average Bonchev–Trinajstić information content (AvgIpc) is 2.81. The molecule has 2 N–H and O–H groups in total. The van der Waals surface area contributed by atoms with E-state index in [-0.39, 0.29) is 18.4 Å². The number of hydrogen-bond donors (Lipinski definition) is 2. The Kier molecular flexibility index (Phi) is 8.52. The van der Waals surface area contributed by atoms with E-state index in [1.54, 1.807) is 18.5 Å². The van der Waals surface area contributed by atoms with Crippen LogP contribution in [0.5, 0.6) is 0 Å². The van der Waals surface area contributed by atoms with E-state index in [0.717, 1.165) is 22.3 Å². The van der Waals surface area contributed by atoms with E-state index < -0.39 is 6.04 Å². The van der Waals surface area contributed by atoms with Crippen molar-refractivity contribution in [2.24, 2.45) is 0 Å². The minimum atomic E-state index is -0.801. The first-order valence-electron chi connectivity index (χ1n) is 10.7. The van der Waals surface area contributed by atoms with Gasteiger partial charge in [0.1, 0.15) is 6.04 Å². The number of ether oxygens (including phenoxy) is 1. The molecule has 32 heavy (non-hydrogen) atoms. The van der Waals surface area contributed by atoms with Crippen LogP contribution in [0.2, 0.25) is 0 Å². The van der Waals surface area contributed by atoms with Gasteiger partial charge in [-0.1, -0.05) is 36.4 Å². The maximum atomic E-state index is 12.8. The predicted octanol–water partition coefficient (Wildman–Crippen LogP) is 3.37. The summed E-state index contributed by atoms with van der Waals surface area (Å²) in [4.78, 5) is 29.6. The van der Waals surface area contributed by atoms with Gasteiger partial charge in [-0.05, 0) is 66.8 Å². The van der Waals surface area contributed by atoms with E-state index in [2.05, 4.69) is 15.6 Å². The van der Waals surface area contributed by atoms with Crippen LogP contribution in [0.3, 0.4) is 0 Å². The Morgan fingerprint density at radius 3 is 2.41 bits per heavy atom. The van der Waals surface area contributed by atoms with Crippen LogP contribution in [0.1, 0.15) is 32.6 Å². The molecule has 0 aliphatic carbocycles. The van der Waals surface area contributed by atoms with Gasteiger partial charge in [-0.15, -0.1) is 0 Å². The summed E-state index contributed by atoms with van der Waals surface area (Å²) in [5.74, 6) is -0.574. The topological polar surface area (TPSA) is 80.3 Å². The molecule has 3 rings (SSSR count). The van der Waals surface area contributed by atoms with Gasteiger partial charge in [-0.3, -0.25) is 14.6 Å². The zero-order valence-electron chi connectivity index (χ0n) is 18.5. The molecule has 2 aromatic carbocycles. The molecule has 0 spiro atoms. The fourth-order valence-corrected chi connectivity index (χ4v) is 3.18. The van der Waals surface area contributed by atoms with Crippen molar-refractivity contribution >= 4 is 11.8 Å². The molecule has 0 aliphatic rings. The van der Waals surface area contributed by atoms with Crippen molar-refractivity contribution < 1.29 is 14.3 Å². The van der Waals surface area contributed by atoms with Crippen LogP contribution >= 0.6 is 0 Å². The smallest absolute Gasteiger partial charge is 0.252 e. The third kappa shape index (κ3) is 7.03.